The molecule has 34 heavy (non-hydrogen) atoms. The van der Waals surface area contributed by atoms with Crippen LogP contribution in [0.15, 0.2) is 23.0 Å². The molecule has 0 bridgehead atoms. The number of amides is 2. The topological polar surface area (TPSA) is 114 Å². The van der Waals surface area contributed by atoms with Crippen molar-refractivity contribution in [2.45, 2.75) is 76.8 Å². The molecule has 0 spiro atoms. The fourth-order valence-corrected chi connectivity index (χ4v) is 4.92. The minimum atomic E-state index is -0.242. The fraction of sp³-hybridized carbons (Fsp3) is 0.600. The van der Waals surface area contributed by atoms with Gasteiger partial charge in [0.25, 0.3) is 5.56 Å². The van der Waals surface area contributed by atoms with Crippen molar-refractivity contribution >= 4 is 28.7 Å². The first-order chi connectivity index (χ1) is 16.6. The van der Waals surface area contributed by atoms with Gasteiger partial charge in [0, 0.05) is 25.1 Å². The number of hydrogen-bond donors (Lipinski definition) is 2. The lowest BCUT2D eigenvalue weighted by Crippen LogP contribution is -2.43. The highest BCUT2D eigenvalue weighted by atomic mass is 16.5. The Labute approximate surface area is 199 Å². The fourth-order valence-electron chi connectivity index (χ4n) is 4.92. The van der Waals surface area contributed by atoms with E-state index in [0.717, 1.165) is 38.5 Å². The highest BCUT2D eigenvalue weighted by molar-refractivity contribution is 5.94. The van der Waals surface area contributed by atoms with E-state index in [2.05, 4.69) is 10.3 Å². The molecule has 0 atom stereocenters. The first-order valence-electron chi connectivity index (χ1n) is 12.4. The minimum Gasteiger partial charge on any atom is -0.494 e. The molecule has 2 aromatic rings. The number of carbonyl (C=O) groups excluding carboxylic acids is 2. The first kappa shape index (κ1) is 24.2. The van der Waals surface area contributed by atoms with Crippen LogP contribution in [-0.4, -0.2) is 57.2 Å². The third-order valence-electron chi connectivity index (χ3n) is 6.71. The average Bonchev–Trinajstić information content (AvgIpc) is 3.22. The van der Waals surface area contributed by atoms with Crippen LogP contribution in [0.1, 0.15) is 64.2 Å². The number of rotatable bonds is 11. The number of benzene rings is 1. The number of fused-ring (bicyclic) bond motifs is 2. The smallest absolute Gasteiger partial charge is 0.263 e. The number of nitrogens with one attached hydrogen (secondary N) is 1. The van der Waals surface area contributed by atoms with Crippen molar-refractivity contribution in [3.05, 3.63) is 28.6 Å². The number of aliphatic hydroxyl groups is 1. The summed E-state index contributed by atoms with van der Waals surface area (Å²) in [6.07, 6.45) is 9.85. The number of carbonyl (C=O) groups is 2. The van der Waals surface area contributed by atoms with Crippen molar-refractivity contribution in [1.82, 2.24) is 14.5 Å². The maximum Gasteiger partial charge on any atom is 0.263 e. The van der Waals surface area contributed by atoms with Gasteiger partial charge in [-0.2, -0.15) is 0 Å². The summed E-state index contributed by atoms with van der Waals surface area (Å²) in [4.78, 5) is 43.0. The van der Waals surface area contributed by atoms with E-state index in [4.69, 9.17) is 4.74 Å². The van der Waals surface area contributed by atoms with Crippen LogP contribution in [0.4, 0.5) is 5.95 Å². The SMILES string of the molecule is O=C1Cn2c(nc3cc(OCCCCCCC(=O)N(CCO)C4CCCCC4)ccc3c2=O)N1. The number of aliphatic hydroxyl groups excluding tert-OH is 1. The van der Waals surface area contributed by atoms with Crippen LogP contribution in [0.5, 0.6) is 5.75 Å². The van der Waals surface area contributed by atoms with Crippen molar-refractivity contribution < 1.29 is 19.4 Å². The molecule has 2 aliphatic rings. The van der Waals surface area contributed by atoms with Crippen LogP contribution >= 0.6 is 0 Å². The standard InChI is InChI=1S/C25H34N4O5/c30-14-13-28(18-8-4-3-5-9-18)23(32)10-6-1-2-7-15-34-19-11-12-20-21(16-19)26-25-27-22(31)17-29(25)24(20)33/h11-12,16,18,30H,1-10,13-15,17H2,(H,26,27,31). The molecule has 9 nitrogen and oxygen atoms in total. The van der Waals surface area contributed by atoms with E-state index in [1.165, 1.54) is 23.8 Å². The van der Waals surface area contributed by atoms with Crippen LogP contribution in [0.3, 0.4) is 0 Å². The second kappa shape index (κ2) is 11.5. The molecule has 1 aliphatic carbocycles. The highest BCUT2D eigenvalue weighted by Crippen LogP contribution is 2.24. The van der Waals surface area contributed by atoms with Crippen LogP contribution < -0.4 is 15.6 Å². The molecule has 1 aliphatic heterocycles. The maximum atomic E-state index is 12.7. The lowest BCUT2D eigenvalue weighted by atomic mass is 9.94. The predicted octanol–water partition coefficient (Wildman–Crippen LogP) is 2.83. The van der Waals surface area contributed by atoms with Gasteiger partial charge in [-0.25, -0.2) is 4.98 Å². The zero-order valence-electron chi connectivity index (χ0n) is 19.6. The van der Waals surface area contributed by atoms with Gasteiger partial charge in [-0.05, 0) is 37.8 Å². The van der Waals surface area contributed by atoms with Gasteiger partial charge in [-0.15, -0.1) is 0 Å². The van der Waals surface area contributed by atoms with Crippen LogP contribution in [-0.2, 0) is 16.1 Å². The van der Waals surface area contributed by atoms with Gasteiger partial charge >= 0.3 is 0 Å². The Morgan fingerprint density at radius 3 is 2.74 bits per heavy atom. The van der Waals surface area contributed by atoms with Crippen molar-refractivity contribution in [2.24, 2.45) is 0 Å². The van der Waals surface area contributed by atoms with Crippen molar-refractivity contribution in [1.29, 1.82) is 0 Å². The molecule has 2 heterocycles. The molecule has 9 heteroatoms. The number of aromatic nitrogens is 2. The number of ether oxygens (including phenoxy) is 1. The summed E-state index contributed by atoms with van der Waals surface area (Å²) >= 11 is 0. The third-order valence-corrected chi connectivity index (χ3v) is 6.71. The summed E-state index contributed by atoms with van der Waals surface area (Å²) in [5, 5.41) is 12.4. The van der Waals surface area contributed by atoms with Gasteiger partial charge in [-0.3, -0.25) is 24.3 Å². The summed E-state index contributed by atoms with van der Waals surface area (Å²) in [5.74, 6) is 0.832. The van der Waals surface area contributed by atoms with Gasteiger partial charge in [0.15, 0.2) is 0 Å². The Kier molecular flexibility index (Phi) is 8.16. The van der Waals surface area contributed by atoms with E-state index >= 15 is 0 Å². The van der Waals surface area contributed by atoms with Crippen molar-refractivity contribution in [2.75, 3.05) is 25.1 Å². The van der Waals surface area contributed by atoms with E-state index < -0.39 is 0 Å². The third kappa shape index (κ3) is 5.75. The molecule has 0 unspecified atom stereocenters. The quantitative estimate of drug-likeness (QED) is 0.488. The summed E-state index contributed by atoms with van der Waals surface area (Å²) in [6.45, 7) is 1.01. The van der Waals surface area contributed by atoms with Gasteiger partial charge in [0.2, 0.25) is 17.8 Å². The summed E-state index contributed by atoms with van der Waals surface area (Å²) in [6, 6.07) is 5.46. The van der Waals surface area contributed by atoms with Gasteiger partial charge in [0.1, 0.15) is 12.3 Å². The number of unbranched alkanes of at least 4 members (excludes halogenated alkanes) is 3. The van der Waals surface area contributed by atoms with Crippen LogP contribution in [0.25, 0.3) is 10.9 Å². The predicted molar refractivity (Wildman–Crippen MR) is 129 cm³/mol. The largest absolute Gasteiger partial charge is 0.494 e. The summed E-state index contributed by atoms with van der Waals surface area (Å²) in [7, 11) is 0. The lowest BCUT2D eigenvalue weighted by Gasteiger charge is -2.34. The van der Waals surface area contributed by atoms with E-state index in [1.54, 1.807) is 18.2 Å². The number of anilines is 1. The second-order valence-corrected chi connectivity index (χ2v) is 9.17. The maximum absolute atomic E-state index is 12.7. The molecule has 0 saturated heterocycles. The van der Waals surface area contributed by atoms with E-state index in [9.17, 15) is 19.5 Å². The molecule has 1 aromatic heterocycles. The van der Waals surface area contributed by atoms with E-state index in [1.807, 2.05) is 4.90 Å². The molecule has 1 aromatic carbocycles. The summed E-state index contributed by atoms with van der Waals surface area (Å²) in [5.41, 5.74) is 0.264. The summed E-state index contributed by atoms with van der Waals surface area (Å²) < 4.78 is 7.17. The molecule has 2 N–H and O–H groups in total. The lowest BCUT2D eigenvalue weighted by molar-refractivity contribution is -0.135. The Morgan fingerprint density at radius 1 is 1.15 bits per heavy atom. The molecule has 2 amide bonds. The Hall–Kier alpha value is -2.94. The molecule has 4 rings (SSSR count). The Bertz CT molecular complexity index is 1080. The zero-order chi connectivity index (χ0) is 23.9. The molecular weight excluding hydrogens is 436 g/mol. The van der Waals surface area contributed by atoms with Crippen molar-refractivity contribution in [3.8, 4) is 5.75 Å². The average molecular weight is 471 g/mol. The molecule has 1 saturated carbocycles. The van der Waals surface area contributed by atoms with Gasteiger partial charge < -0.3 is 14.7 Å². The Morgan fingerprint density at radius 2 is 1.94 bits per heavy atom. The second-order valence-electron chi connectivity index (χ2n) is 9.17. The van der Waals surface area contributed by atoms with Crippen LogP contribution in [0, 0.1) is 0 Å². The molecule has 0 radical (unpaired) electrons. The Balaban J connectivity index is 1.18. The first-order valence-corrected chi connectivity index (χ1v) is 12.4. The van der Waals surface area contributed by atoms with Crippen molar-refractivity contribution in [3.63, 3.8) is 0 Å². The monoisotopic (exact) mass is 470 g/mol. The number of hydrogen-bond acceptors (Lipinski definition) is 6. The van der Waals surface area contributed by atoms with E-state index in [-0.39, 0.29) is 36.5 Å². The minimum absolute atomic E-state index is 0.000995. The van der Waals surface area contributed by atoms with Crippen LogP contribution in [0.2, 0.25) is 0 Å². The highest BCUT2D eigenvalue weighted by Gasteiger charge is 2.24. The van der Waals surface area contributed by atoms with Gasteiger partial charge in [0.05, 0.1) is 24.1 Å². The normalized spacial score (nSPS) is 15.9. The molecular formula is C25H34N4O5. The number of nitrogens with zero attached hydrogens (tertiary/aromatic N) is 3. The molecule has 1 fully saturated rings. The van der Waals surface area contributed by atoms with E-state index in [0.29, 0.717) is 42.3 Å². The molecule has 184 valence electrons. The van der Waals surface area contributed by atoms with Gasteiger partial charge in [-0.1, -0.05) is 32.1 Å². The zero-order valence-corrected chi connectivity index (χ0v) is 19.6.